The number of aryl methyl sites for hydroxylation is 1. The average molecular weight is 318 g/mol. The predicted molar refractivity (Wildman–Crippen MR) is 80.8 cm³/mol. The third kappa shape index (κ3) is 2.76. The number of aromatic nitrogens is 1. The lowest BCUT2D eigenvalue weighted by molar-refractivity contribution is 0.118. The normalized spacial score (nSPS) is 13.7. The number of carbonyl (C=O) groups excluding carboxylic acids is 1. The molecular weight excluding hydrogens is 302 g/mol. The molecule has 1 aromatic heterocycles. The molecule has 120 valence electrons. The fourth-order valence-electron chi connectivity index (χ4n) is 2.97. The lowest BCUT2D eigenvalue weighted by atomic mass is 9.89. The van der Waals surface area contributed by atoms with Crippen LogP contribution < -0.4 is 0 Å². The number of nitrogens with zero attached hydrogens (tertiary/aromatic N) is 2. The number of ether oxygens (including phenoxy) is 1. The molecule has 1 aliphatic heterocycles. The summed E-state index contributed by atoms with van der Waals surface area (Å²) in [6, 6.07) is 4.47. The van der Waals surface area contributed by atoms with Gasteiger partial charge in [0.15, 0.2) is 5.82 Å². The van der Waals surface area contributed by atoms with E-state index in [1.165, 1.54) is 7.11 Å². The highest BCUT2D eigenvalue weighted by Gasteiger charge is 2.26. The van der Waals surface area contributed by atoms with Gasteiger partial charge in [-0.3, -0.25) is 4.98 Å². The Morgan fingerprint density at radius 2 is 2.09 bits per heavy atom. The van der Waals surface area contributed by atoms with Crippen LogP contribution in [-0.4, -0.2) is 29.6 Å². The second-order valence-electron chi connectivity index (χ2n) is 5.51. The van der Waals surface area contributed by atoms with Gasteiger partial charge < -0.3 is 9.64 Å². The number of pyridine rings is 1. The smallest absolute Gasteiger partial charge is 0.409 e. The molecule has 0 atom stereocenters. The maximum atomic E-state index is 14.1. The first kappa shape index (κ1) is 15.4. The second-order valence-corrected chi connectivity index (χ2v) is 5.51. The van der Waals surface area contributed by atoms with E-state index >= 15 is 0 Å². The zero-order valence-corrected chi connectivity index (χ0v) is 12.9. The summed E-state index contributed by atoms with van der Waals surface area (Å²) >= 11 is 0. The Kier molecular flexibility index (Phi) is 3.98. The van der Waals surface area contributed by atoms with Gasteiger partial charge in [-0.2, -0.15) is 0 Å². The van der Waals surface area contributed by atoms with E-state index in [4.69, 9.17) is 4.74 Å². The molecule has 6 heteroatoms. The summed E-state index contributed by atoms with van der Waals surface area (Å²) in [5, 5.41) is 0. The molecule has 2 aromatic rings. The fraction of sp³-hybridized carbons (Fsp3) is 0.294. The highest BCUT2D eigenvalue weighted by molar-refractivity contribution is 5.72. The van der Waals surface area contributed by atoms with Gasteiger partial charge in [0.25, 0.3) is 0 Å². The highest BCUT2D eigenvalue weighted by atomic mass is 19.1. The van der Waals surface area contributed by atoms with Gasteiger partial charge in [0.05, 0.1) is 13.3 Å². The van der Waals surface area contributed by atoms with Crippen molar-refractivity contribution >= 4 is 6.09 Å². The van der Waals surface area contributed by atoms with Crippen LogP contribution in [-0.2, 0) is 17.7 Å². The minimum atomic E-state index is -0.719. The predicted octanol–water partition coefficient (Wildman–Crippen LogP) is 3.46. The number of hydrogen-bond donors (Lipinski definition) is 0. The van der Waals surface area contributed by atoms with Crippen LogP contribution >= 0.6 is 0 Å². The molecule has 0 aliphatic carbocycles. The van der Waals surface area contributed by atoms with Gasteiger partial charge in [-0.15, -0.1) is 0 Å². The maximum Gasteiger partial charge on any atom is 0.409 e. The van der Waals surface area contributed by atoms with Crippen LogP contribution in [0.1, 0.15) is 16.7 Å². The van der Waals surface area contributed by atoms with Gasteiger partial charge in [-0.05, 0) is 30.0 Å². The maximum absolute atomic E-state index is 14.1. The minimum Gasteiger partial charge on any atom is -0.453 e. The molecule has 0 saturated carbocycles. The third-order valence-electron chi connectivity index (χ3n) is 4.14. The second kappa shape index (κ2) is 5.95. The number of rotatable bonds is 1. The fourth-order valence-corrected chi connectivity index (χ4v) is 2.97. The van der Waals surface area contributed by atoms with Crippen molar-refractivity contribution in [1.29, 1.82) is 0 Å². The monoisotopic (exact) mass is 318 g/mol. The molecule has 1 aromatic carbocycles. The molecule has 0 spiro atoms. The molecule has 1 aliphatic rings. The van der Waals surface area contributed by atoms with E-state index in [1.807, 2.05) is 13.0 Å². The van der Waals surface area contributed by atoms with Gasteiger partial charge in [0.1, 0.15) is 11.5 Å². The minimum absolute atomic E-state index is 0.0920. The Bertz CT molecular complexity index is 777. The molecule has 3 rings (SSSR count). The van der Waals surface area contributed by atoms with Crippen LogP contribution in [0, 0.1) is 18.6 Å². The Labute approximate surface area is 132 Å². The molecule has 0 bridgehead atoms. The molecule has 0 N–H and O–H groups in total. The summed E-state index contributed by atoms with van der Waals surface area (Å²) in [6.45, 7) is 2.84. The Balaban J connectivity index is 2.11. The standard InChI is InChI=1S/C17H16F2N2O2/c1-10-3-4-13(16-15(19)7-11(18)8-20-16)14-9-21(17(22)23-2)6-5-12(10)14/h3-4,7-8H,5-6,9H2,1-2H3. The largest absolute Gasteiger partial charge is 0.453 e. The number of halogens is 2. The van der Waals surface area contributed by atoms with Crippen molar-refractivity contribution in [3.8, 4) is 11.3 Å². The first-order valence-electron chi connectivity index (χ1n) is 7.27. The number of amides is 1. The van der Waals surface area contributed by atoms with Crippen molar-refractivity contribution in [2.45, 2.75) is 19.9 Å². The molecule has 0 saturated heterocycles. The third-order valence-corrected chi connectivity index (χ3v) is 4.14. The number of methoxy groups -OCH3 is 1. The SMILES string of the molecule is COC(=O)N1CCc2c(C)ccc(-c3ncc(F)cc3F)c2C1. The molecular formula is C17H16F2N2O2. The van der Waals surface area contributed by atoms with Gasteiger partial charge in [0.2, 0.25) is 0 Å². The lowest BCUT2D eigenvalue weighted by Gasteiger charge is -2.30. The Morgan fingerprint density at radius 1 is 1.30 bits per heavy atom. The van der Waals surface area contributed by atoms with E-state index in [0.29, 0.717) is 25.1 Å². The first-order valence-corrected chi connectivity index (χ1v) is 7.27. The number of carbonyl (C=O) groups is 1. The van der Waals surface area contributed by atoms with Crippen molar-refractivity contribution in [3.05, 3.63) is 52.7 Å². The number of benzene rings is 1. The van der Waals surface area contributed by atoms with E-state index in [-0.39, 0.29) is 5.69 Å². The summed E-state index contributed by atoms with van der Waals surface area (Å²) in [7, 11) is 1.33. The van der Waals surface area contributed by atoms with Crippen molar-refractivity contribution in [1.82, 2.24) is 9.88 Å². The van der Waals surface area contributed by atoms with E-state index in [1.54, 1.807) is 11.0 Å². The van der Waals surface area contributed by atoms with Crippen LogP contribution in [0.2, 0.25) is 0 Å². The molecule has 1 amide bonds. The summed E-state index contributed by atoms with van der Waals surface area (Å²) in [6.07, 6.45) is 1.23. The molecule has 4 nitrogen and oxygen atoms in total. The number of fused-ring (bicyclic) bond motifs is 1. The molecule has 0 unspecified atom stereocenters. The lowest BCUT2D eigenvalue weighted by Crippen LogP contribution is -2.36. The van der Waals surface area contributed by atoms with E-state index in [2.05, 4.69) is 4.98 Å². The van der Waals surface area contributed by atoms with Crippen molar-refractivity contribution < 1.29 is 18.3 Å². The Morgan fingerprint density at radius 3 is 2.78 bits per heavy atom. The van der Waals surface area contributed by atoms with Crippen LogP contribution in [0.5, 0.6) is 0 Å². The van der Waals surface area contributed by atoms with Gasteiger partial charge in [0, 0.05) is 24.7 Å². The molecule has 0 radical (unpaired) electrons. The van der Waals surface area contributed by atoms with E-state index in [9.17, 15) is 13.6 Å². The van der Waals surface area contributed by atoms with Crippen molar-refractivity contribution in [2.24, 2.45) is 0 Å². The van der Waals surface area contributed by atoms with Gasteiger partial charge in [-0.25, -0.2) is 13.6 Å². The van der Waals surface area contributed by atoms with Crippen LogP contribution in [0.4, 0.5) is 13.6 Å². The molecule has 2 heterocycles. The summed E-state index contributed by atoms with van der Waals surface area (Å²) < 4.78 is 32.0. The zero-order chi connectivity index (χ0) is 16.6. The summed E-state index contributed by atoms with van der Waals surface area (Å²) in [4.78, 5) is 17.2. The van der Waals surface area contributed by atoms with Crippen LogP contribution in [0.15, 0.2) is 24.4 Å². The number of hydrogen-bond acceptors (Lipinski definition) is 3. The van der Waals surface area contributed by atoms with E-state index in [0.717, 1.165) is 29.0 Å². The van der Waals surface area contributed by atoms with E-state index < -0.39 is 17.7 Å². The topological polar surface area (TPSA) is 42.4 Å². The zero-order valence-electron chi connectivity index (χ0n) is 12.9. The summed E-state index contributed by atoms with van der Waals surface area (Å²) in [5.41, 5.74) is 3.66. The van der Waals surface area contributed by atoms with Crippen molar-refractivity contribution in [2.75, 3.05) is 13.7 Å². The molecule has 23 heavy (non-hydrogen) atoms. The summed E-state index contributed by atoms with van der Waals surface area (Å²) in [5.74, 6) is -1.44. The van der Waals surface area contributed by atoms with Crippen molar-refractivity contribution in [3.63, 3.8) is 0 Å². The Hall–Kier alpha value is -2.50. The first-order chi connectivity index (χ1) is 11.0. The van der Waals surface area contributed by atoms with Crippen LogP contribution in [0.25, 0.3) is 11.3 Å². The van der Waals surface area contributed by atoms with Crippen LogP contribution in [0.3, 0.4) is 0 Å². The van der Waals surface area contributed by atoms with Gasteiger partial charge in [-0.1, -0.05) is 12.1 Å². The average Bonchev–Trinajstić information content (AvgIpc) is 2.55. The van der Waals surface area contributed by atoms with Gasteiger partial charge >= 0.3 is 6.09 Å². The highest BCUT2D eigenvalue weighted by Crippen LogP contribution is 2.33. The molecule has 0 fully saturated rings. The quantitative estimate of drug-likeness (QED) is 0.808.